The van der Waals surface area contributed by atoms with E-state index in [4.69, 9.17) is 0 Å². The van der Waals surface area contributed by atoms with E-state index in [1.165, 1.54) is 13.8 Å². The van der Waals surface area contributed by atoms with Crippen molar-refractivity contribution in [2.45, 2.75) is 63.2 Å². The average molecular weight is 330 g/mol. The summed E-state index contributed by atoms with van der Waals surface area (Å²) in [6.45, 7) is -1.61. The first-order chi connectivity index (χ1) is 9.33. The van der Waals surface area contributed by atoms with E-state index in [0.29, 0.717) is 0 Å². The molecule has 0 aromatic rings. The second-order valence-electron chi connectivity index (χ2n) is 4.81. The minimum absolute atomic E-state index is 0.257. The predicted octanol–water partition coefficient (Wildman–Crippen LogP) is 5.14. The van der Waals surface area contributed by atoms with Gasteiger partial charge in [-0.1, -0.05) is 26.7 Å². The van der Waals surface area contributed by atoms with Gasteiger partial charge in [-0.2, -0.15) is 35.1 Å². The number of hydrogen-bond donors (Lipinski definition) is 0. The molecule has 0 N–H and O–H groups in total. The van der Waals surface area contributed by atoms with Crippen molar-refractivity contribution in [1.82, 2.24) is 0 Å². The van der Waals surface area contributed by atoms with Crippen LogP contribution in [-0.2, 0) is 4.74 Å². The Balaban J connectivity index is 4.61. The minimum Gasteiger partial charge on any atom is -0.368 e. The molecule has 0 aliphatic carbocycles. The normalized spacial score (nSPS) is 14.6. The SMILES string of the molecule is CCCC(F)(F)C(F)(F)COCC(F)(F)C(F)(F)CCC. The summed E-state index contributed by atoms with van der Waals surface area (Å²) in [7, 11) is 0. The lowest BCUT2D eigenvalue weighted by Gasteiger charge is -2.29. The Labute approximate surface area is 117 Å². The van der Waals surface area contributed by atoms with E-state index < -0.39 is 49.7 Å². The molecule has 0 aliphatic heterocycles. The molecule has 1 nitrogen and oxygen atoms in total. The van der Waals surface area contributed by atoms with Crippen LogP contribution in [0.4, 0.5) is 35.1 Å². The molecule has 0 fully saturated rings. The Morgan fingerprint density at radius 2 is 0.857 bits per heavy atom. The Morgan fingerprint density at radius 1 is 0.571 bits per heavy atom. The van der Waals surface area contributed by atoms with Gasteiger partial charge in [-0.15, -0.1) is 0 Å². The average Bonchev–Trinajstić information content (AvgIpc) is 2.27. The van der Waals surface area contributed by atoms with Crippen LogP contribution < -0.4 is 0 Å². The van der Waals surface area contributed by atoms with Crippen LogP contribution in [-0.4, -0.2) is 36.9 Å². The van der Waals surface area contributed by atoms with E-state index in [1.54, 1.807) is 0 Å². The van der Waals surface area contributed by atoms with Gasteiger partial charge in [0.25, 0.3) is 0 Å². The van der Waals surface area contributed by atoms with Gasteiger partial charge < -0.3 is 4.74 Å². The summed E-state index contributed by atoms with van der Waals surface area (Å²) in [5.41, 5.74) is 0. The molecule has 0 unspecified atom stereocenters. The van der Waals surface area contributed by atoms with Crippen LogP contribution in [0.1, 0.15) is 39.5 Å². The molecule has 0 spiro atoms. The molecule has 0 saturated carbocycles. The summed E-state index contributed by atoms with van der Waals surface area (Å²) >= 11 is 0. The van der Waals surface area contributed by atoms with Crippen molar-refractivity contribution < 1.29 is 39.9 Å². The molecule has 0 rings (SSSR count). The molecule has 128 valence electrons. The molecule has 0 aromatic carbocycles. The molecular formula is C12H18F8O. The lowest BCUT2D eigenvalue weighted by Crippen LogP contribution is -2.48. The maximum absolute atomic E-state index is 13.1. The van der Waals surface area contributed by atoms with Crippen molar-refractivity contribution in [2.75, 3.05) is 13.2 Å². The van der Waals surface area contributed by atoms with Gasteiger partial charge in [0, 0.05) is 12.8 Å². The fraction of sp³-hybridized carbons (Fsp3) is 1.00. The first-order valence-corrected chi connectivity index (χ1v) is 6.42. The third kappa shape index (κ3) is 5.27. The smallest absolute Gasteiger partial charge is 0.332 e. The van der Waals surface area contributed by atoms with Crippen LogP contribution in [0.15, 0.2) is 0 Å². The topological polar surface area (TPSA) is 9.23 Å². The van der Waals surface area contributed by atoms with Crippen LogP contribution in [0.5, 0.6) is 0 Å². The van der Waals surface area contributed by atoms with Crippen molar-refractivity contribution in [3.8, 4) is 0 Å². The molecule has 0 heterocycles. The number of hydrogen-bond acceptors (Lipinski definition) is 1. The molecular weight excluding hydrogens is 312 g/mol. The number of ether oxygens (including phenoxy) is 1. The van der Waals surface area contributed by atoms with Crippen LogP contribution in [0.25, 0.3) is 0 Å². The molecule has 0 bridgehead atoms. The highest BCUT2D eigenvalue weighted by Gasteiger charge is 2.58. The standard InChI is InChI=1S/C12H18F8O/c1-3-5-9(13,14)11(17,18)7-21-8-12(19,20)10(15,16)6-4-2/h3-8H2,1-2H3. The van der Waals surface area contributed by atoms with Crippen LogP contribution in [0.3, 0.4) is 0 Å². The Hall–Kier alpha value is -0.600. The predicted molar refractivity (Wildman–Crippen MR) is 60.4 cm³/mol. The van der Waals surface area contributed by atoms with Crippen LogP contribution >= 0.6 is 0 Å². The van der Waals surface area contributed by atoms with Gasteiger partial charge in [0.15, 0.2) is 0 Å². The zero-order chi connectivity index (χ0) is 16.9. The van der Waals surface area contributed by atoms with Gasteiger partial charge in [-0.25, -0.2) is 0 Å². The van der Waals surface area contributed by atoms with Gasteiger partial charge in [0.1, 0.15) is 13.2 Å². The van der Waals surface area contributed by atoms with E-state index in [0.717, 1.165) is 0 Å². The zero-order valence-corrected chi connectivity index (χ0v) is 11.7. The molecule has 0 amide bonds. The Morgan fingerprint density at radius 3 is 1.10 bits per heavy atom. The number of alkyl halides is 8. The van der Waals surface area contributed by atoms with E-state index in [2.05, 4.69) is 4.74 Å². The van der Waals surface area contributed by atoms with Crippen LogP contribution in [0, 0.1) is 0 Å². The van der Waals surface area contributed by atoms with Gasteiger partial charge in [-0.05, 0) is 0 Å². The van der Waals surface area contributed by atoms with Crippen molar-refractivity contribution in [1.29, 1.82) is 0 Å². The van der Waals surface area contributed by atoms with Gasteiger partial charge >= 0.3 is 23.7 Å². The molecule has 21 heavy (non-hydrogen) atoms. The fourth-order valence-electron chi connectivity index (χ4n) is 1.51. The first kappa shape index (κ1) is 20.4. The highest BCUT2D eigenvalue weighted by Crippen LogP contribution is 2.40. The quantitative estimate of drug-likeness (QED) is 0.504. The summed E-state index contributed by atoms with van der Waals surface area (Å²) < 4.78 is 108. The van der Waals surface area contributed by atoms with Crippen molar-refractivity contribution in [3.63, 3.8) is 0 Å². The maximum Gasteiger partial charge on any atom is 0.332 e. The highest BCUT2D eigenvalue weighted by atomic mass is 19.3. The second-order valence-corrected chi connectivity index (χ2v) is 4.81. The fourth-order valence-corrected chi connectivity index (χ4v) is 1.51. The zero-order valence-electron chi connectivity index (χ0n) is 11.7. The largest absolute Gasteiger partial charge is 0.368 e. The number of halogens is 8. The maximum atomic E-state index is 13.1. The summed E-state index contributed by atoms with van der Waals surface area (Å²) in [5, 5.41) is 0. The van der Waals surface area contributed by atoms with Crippen molar-refractivity contribution >= 4 is 0 Å². The summed E-state index contributed by atoms with van der Waals surface area (Å²) in [6, 6.07) is 0. The first-order valence-electron chi connectivity index (χ1n) is 6.42. The molecule has 0 atom stereocenters. The van der Waals surface area contributed by atoms with Gasteiger partial charge in [0.2, 0.25) is 0 Å². The third-order valence-electron chi connectivity index (χ3n) is 2.76. The van der Waals surface area contributed by atoms with Crippen molar-refractivity contribution in [2.24, 2.45) is 0 Å². The summed E-state index contributed by atoms with van der Waals surface area (Å²) in [4.78, 5) is 0. The molecule has 9 heteroatoms. The Kier molecular flexibility index (Phi) is 6.90. The highest BCUT2D eigenvalue weighted by molar-refractivity contribution is 4.87. The second kappa shape index (κ2) is 7.11. The molecule has 0 aliphatic rings. The molecule has 0 aromatic heterocycles. The summed E-state index contributed by atoms with van der Waals surface area (Å²) in [6.07, 6.45) is -2.84. The third-order valence-corrected chi connectivity index (χ3v) is 2.76. The minimum atomic E-state index is -4.70. The monoisotopic (exact) mass is 330 g/mol. The lowest BCUT2D eigenvalue weighted by atomic mass is 10.1. The van der Waals surface area contributed by atoms with Gasteiger partial charge in [0.05, 0.1) is 0 Å². The summed E-state index contributed by atoms with van der Waals surface area (Å²) in [5.74, 6) is -18.3. The molecule has 0 radical (unpaired) electrons. The number of rotatable bonds is 10. The van der Waals surface area contributed by atoms with Gasteiger partial charge in [-0.3, -0.25) is 0 Å². The van der Waals surface area contributed by atoms with E-state index >= 15 is 0 Å². The van der Waals surface area contributed by atoms with E-state index in [-0.39, 0.29) is 12.8 Å². The lowest BCUT2D eigenvalue weighted by molar-refractivity contribution is -0.266. The van der Waals surface area contributed by atoms with Crippen molar-refractivity contribution in [3.05, 3.63) is 0 Å². The molecule has 0 saturated heterocycles. The van der Waals surface area contributed by atoms with Crippen LogP contribution in [0.2, 0.25) is 0 Å². The van der Waals surface area contributed by atoms with E-state index in [1.807, 2.05) is 0 Å². The Bertz CT molecular complexity index is 286. The van der Waals surface area contributed by atoms with E-state index in [9.17, 15) is 35.1 Å².